The van der Waals surface area contributed by atoms with Crippen LogP contribution in [0.5, 0.6) is 5.75 Å². The smallest absolute Gasteiger partial charge is 0.131 e. The first-order chi connectivity index (χ1) is 12.0. The average molecular weight is 357 g/mol. The van der Waals surface area contributed by atoms with Gasteiger partial charge < -0.3 is 10.2 Å². The van der Waals surface area contributed by atoms with E-state index in [0.29, 0.717) is 23.5 Å². The maximum absolute atomic E-state index is 11.4. The van der Waals surface area contributed by atoms with Gasteiger partial charge in [0.2, 0.25) is 0 Å². The Morgan fingerprint density at radius 3 is 2.88 bits per heavy atom. The zero-order chi connectivity index (χ0) is 17.7. The summed E-state index contributed by atoms with van der Waals surface area (Å²) in [6.45, 7) is 2.28. The van der Waals surface area contributed by atoms with Crippen molar-refractivity contribution in [2.45, 2.75) is 63.4 Å². The van der Waals surface area contributed by atoms with E-state index in [1.54, 1.807) is 0 Å². The van der Waals surface area contributed by atoms with E-state index in [1.165, 1.54) is 17.5 Å². The molecule has 0 heterocycles. The summed E-state index contributed by atoms with van der Waals surface area (Å²) in [5.41, 5.74) is 1.84. The quantitative estimate of drug-likeness (QED) is 0.518. The van der Waals surface area contributed by atoms with Crippen LogP contribution >= 0.6 is 12.6 Å². The summed E-state index contributed by atoms with van der Waals surface area (Å²) in [4.78, 5) is 0. The average Bonchev–Trinajstić information content (AvgIpc) is 2.86. The van der Waals surface area contributed by atoms with Crippen LogP contribution < -0.4 is 0 Å². The van der Waals surface area contributed by atoms with Crippen LogP contribution in [0, 0.1) is 29.1 Å². The highest BCUT2D eigenvalue weighted by Gasteiger charge is 2.61. The summed E-state index contributed by atoms with van der Waals surface area (Å²) in [5.74, 6) is 9.30. The molecule has 5 atom stereocenters. The minimum Gasteiger partial charge on any atom is -0.508 e. The third kappa shape index (κ3) is 2.61. The predicted octanol–water partition coefficient (Wildman–Crippen LogP) is 4.30. The molecule has 0 unspecified atom stereocenters. The topological polar surface area (TPSA) is 40.5 Å². The van der Waals surface area contributed by atoms with Crippen molar-refractivity contribution in [2.24, 2.45) is 17.3 Å². The van der Waals surface area contributed by atoms with Gasteiger partial charge >= 0.3 is 0 Å². The van der Waals surface area contributed by atoms with Crippen LogP contribution in [0.1, 0.15) is 62.5 Å². The van der Waals surface area contributed by atoms with Gasteiger partial charge in [-0.25, -0.2) is 0 Å². The summed E-state index contributed by atoms with van der Waals surface area (Å²) in [6.07, 6.45) is 6.99. The normalized spacial score (nSPS) is 38.9. The summed E-state index contributed by atoms with van der Waals surface area (Å²) < 4.78 is 0. The fourth-order valence-electron chi connectivity index (χ4n) is 6.05. The van der Waals surface area contributed by atoms with Crippen molar-refractivity contribution in [3.8, 4) is 17.6 Å². The fourth-order valence-corrected chi connectivity index (χ4v) is 6.17. The van der Waals surface area contributed by atoms with E-state index < -0.39 is 5.60 Å². The number of aryl methyl sites for hydroxylation is 1. The number of phenolic OH excluding ortho intramolecular Hbond substituents is 1. The van der Waals surface area contributed by atoms with Gasteiger partial charge in [0.05, 0.1) is 0 Å². The molecule has 4 rings (SSSR count). The van der Waals surface area contributed by atoms with Crippen molar-refractivity contribution in [1.82, 2.24) is 0 Å². The largest absolute Gasteiger partial charge is 0.508 e. The van der Waals surface area contributed by atoms with E-state index in [-0.39, 0.29) is 5.41 Å². The molecule has 3 heteroatoms. The zero-order valence-electron chi connectivity index (χ0n) is 15.0. The molecule has 3 aliphatic rings. The van der Waals surface area contributed by atoms with Crippen LogP contribution in [0.3, 0.4) is 0 Å². The predicted molar refractivity (Wildman–Crippen MR) is 104 cm³/mol. The third-order valence-corrected chi connectivity index (χ3v) is 7.62. The SMILES string of the molecule is C[C@]12CC[C@@H]3c4ccc(O)cc4CC[C@H]3[C@@H]1CC[C@@]2(O)C#CCCS. The number of benzene rings is 1. The first-order valence-corrected chi connectivity index (χ1v) is 10.3. The van der Waals surface area contributed by atoms with Crippen molar-refractivity contribution in [1.29, 1.82) is 0 Å². The molecule has 0 amide bonds. The lowest BCUT2D eigenvalue weighted by Crippen LogP contribution is -2.50. The minimum absolute atomic E-state index is 0.0911. The number of hydrogen-bond acceptors (Lipinski definition) is 3. The monoisotopic (exact) mass is 356 g/mol. The Labute approximate surface area is 156 Å². The molecule has 2 N–H and O–H groups in total. The number of thiol groups is 1. The molecule has 0 aliphatic heterocycles. The molecule has 0 aromatic heterocycles. The van der Waals surface area contributed by atoms with E-state index in [9.17, 15) is 10.2 Å². The molecular weight excluding hydrogens is 328 g/mol. The van der Waals surface area contributed by atoms with Crippen LogP contribution in [0.15, 0.2) is 18.2 Å². The number of fused-ring (bicyclic) bond motifs is 5. The molecular formula is C22H28O2S. The highest BCUT2D eigenvalue weighted by Crippen LogP contribution is 2.64. The van der Waals surface area contributed by atoms with Crippen molar-refractivity contribution in [3.05, 3.63) is 29.3 Å². The second kappa shape index (κ2) is 6.25. The Hall–Kier alpha value is -1.11. The highest BCUT2D eigenvalue weighted by atomic mass is 32.1. The van der Waals surface area contributed by atoms with Crippen molar-refractivity contribution < 1.29 is 10.2 Å². The Kier molecular flexibility index (Phi) is 4.33. The lowest BCUT2D eigenvalue weighted by molar-refractivity contribution is -0.0648. The standard InChI is InChI=1S/C22H28O2S/c1-21-11-8-18-17-7-5-16(23)14-15(17)4-6-19(18)20(21)9-12-22(21,24)10-2-3-13-25/h5,7,14,18-20,23-25H,3-4,6,8-9,11-13H2,1H3/t18-,19-,20+,21+,22+/m1/s1. The van der Waals surface area contributed by atoms with Crippen molar-refractivity contribution in [2.75, 3.05) is 5.75 Å². The summed E-state index contributed by atoms with van der Waals surface area (Å²) >= 11 is 4.23. The van der Waals surface area contributed by atoms with Gasteiger partial charge in [0.1, 0.15) is 11.4 Å². The van der Waals surface area contributed by atoms with Crippen LogP contribution in [-0.2, 0) is 6.42 Å². The second-order valence-electron chi connectivity index (χ2n) is 8.43. The Morgan fingerprint density at radius 1 is 1.24 bits per heavy atom. The van der Waals surface area contributed by atoms with Crippen LogP contribution in [-0.4, -0.2) is 21.6 Å². The van der Waals surface area contributed by atoms with E-state index in [1.807, 2.05) is 12.1 Å². The lowest BCUT2D eigenvalue weighted by atomic mass is 9.53. The van der Waals surface area contributed by atoms with Gasteiger partial charge in [0.15, 0.2) is 0 Å². The second-order valence-corrected chi connectivity index (χ2v) is 8.88. The van der Waals surface area contributed by atoms with Gasteiger partial charge in [-0.3, -0.25) is 0 Å². The number of rotatable bonds is 1. The molecule has 1 aromatic rings. The van der Waals surface area contributed by atoms with Crippen LogP contribution in [0.25, 0.3) is 0 Å². The van der Waals surface area contributed by atoms with Crippen molar-refractivity contribution in [3.63, 3.8) is 0 Å². The van der Waals surface area contributed by atoms with Crippen molar-refractivity contribution >= 4 is 12.6 Å². The molecule has 2 saturated carbocycles. The Balaban J connectivity index is 1.64. The van der Waals surface area contributed by atoms with E-state index in [0.717, 1.165) is 44.3 Å². The number of aromatic hydroxyl groups is 1. The first kappa shape index (κ1) is 17.3. The first-order valence-electron chi connectivity index (χ1n) is 9.63. The molecule has 0 saturated heterocycles. The van der Waals surface area contributed by atoms with Gasteiger partial charge in [-0.1, -0.05) is 24.8 Å². The van der Waals surface area contributed by atoms with Crippen LogP contribution in [0.4, 0.5) is 0 Å². The molecule has 2 nitrogen and oxygen atoms in total. The Morgan fingerprint density at radius 2 is 2.08 bits per heavy atom. The molecule has 0 radical (unpaired) electrons. The highest BCUT2D eigenvalue weighted by molar-refractivity contribution is 7.80. The molecule has 0 spiro atoms. The minimum atomic E-state index is -0.833. The van der Waals surface area contributed by atoms with Gasteiger partial charge in [-0.2, -0.15) is 12.6 Å². The zero-order valence-corrected chi connectivity index (χ0v) is 15.9. The van der Waals surface area contributed by atoms with Gasteiger partial charge in [-0.05, 0) is 79.5 Å². The molecule has 0 bridgehead atoms. The van der Waals surface area contributed by atoms with E-state index in [2.05, 4.69) is 37.5 Å². The van der Waals surface area contributed by atoms with E-state index >= 15 is 0 Å². The molecule has 2 fully saturated rings. The maximum atomic E-state index is 11.4. The molecule has 134 valence electrons. The summed E-state index contributed by atoms with van der Waals surface area (Å²) in [6, 6.07) is 5.92. The molecule has 3 aliphatic carbocycles. The molecule has 25 heavy (non-hydrogen) atoms. The van der Waals surface area contributed by atoms with Gasteiger partial charge in [0, 0.05) is 17.6 Å². The Bertz CT molecular complexity index is 733. The fraction of sp³-hybridized carbons (Fsp3) is 0.636. The van der Waals surface area contributed by atoms with Gasteiger partial charge in [0.25, 0.3) is 0 Å². The number of hydrogen-bond donors (Lipinski definition) is 3. The maximum Gasteiger partial charge on any atom is 0.131 e. The number of phenols is 1. The van der Waals surface area contributed by atoms with Crippen LogP contribution in [0.2, 0.25) is 0 Å². The number of aliphatic hydroxyl groups is 1. The van der Waals surface area contributed by atoms with E-state index in [4.69, 9.17) is 0 Å². The third-order valence-electron chi connectivity index (χ3n) is 7.39. The van der Waals surface area contributed by atoms with Gasteiger partial charge in [-0.15, -0.1) is 0 Å². The summed E-state index contributed by atoms with van der Waals surface area (Å²) in [7, 11) is 0. The summed E-state index contributed by atoms with van der Waals surface area (Å²) in [5, 5.41) is 21.2. The lowest BCUT2D eigenvalue weighted by Gasteiger charge is -2.52. The molecule has 1 aromatic carbocycles.